The highest BCUT2D eigenvalue weighted by Gasteiger charge is 2.21. The molecule has 4 rings (SSSR count). The molecule has 0 spiro atoms. The van der Waals surface area contributed by atoms with E-state index in [4.69, 9.17) is 26.3 Å². The first-order chi connectivity index (χ1) is 15.3. The maximum absolute atomic E-state index is 10.9. The number of carboxylic acids is 1. The summed E-state index contributed by atoms with van der Waals surface area (Å²) < 4.78 is 7.76. The van der Waals surface area contributed by atoms with Crippen LogP contribution in [0.4, 0.5) is 5.69 Å². The molecule has 2 heterocycles. The topological polar surface area (TPSA) is 76.0 Å². The van der Waals surface area contributed by atoms with E-state index in [1.165, 1.54) is 0 Å². The minimum Gasteiger partial charge on any atom is -0.489 e. The molecule has 8 heteroatoms. The summed E-state index contributed by atoms with van der Waals surface area (Å²) in [5, 5.41) is 12.4. The predicted octanol–water partition coefficient (Wildman–Crippen LogP) is 5.28. The average Bonchev–Trinajstić information content (AvgIpc) is 3.35. The number of aliphatic carboxylic acids is 1. The van der Waals surface area contributed by atoms with Crippen molar-refractivity contribution in [3.8, 4) is 5.75 Å². The highest BCUT2D eigenvalue weighted by Crippen LogP contribution is 2.35. The molecule has 0 saturated heterocycles. The highest BCUT2D eigenvalue weighted by molar-refractivity contribution is 6.32. The Bertz CT molecular complexity index is 1190. The van der Waals surface area contributed by atoms with Crippen LogP contribution < -0.4 is 15.3 Å². The summed E-state index contributed by atoms with van der Waals surface area (Å²) in [5.74, 6) is 0.500. The molecule has 32 heavy (non-hydrogen) atoms. The van der Waals surface area contributed by atoms with Crippen molar-refractivity contribution in [2.24, 2.45) is 7.05 Å². The Balaban J connectivity index is 1.61. The number of nitrogens with one attached hydrogen (secondary N) is 1. The molecule has 0 amide bonds. The summed E-state index contributed by atoms with van der Waals surface area (Å²) in [6, 6.07) is 11.6. The van der Waals surface area contributed by atoms with Crippen molar-refractivity contribution in [3.63, 3.8) is 0 Å². The number of carboxylic acid groups (broad SMARTS) is 1. The molecule has 0 atom stereocenters. The number of para-hydroxylation sites is 1. The molecule has 0 aliphatic carbocycles. The number of aryl methyl sites for hydroxylation is 2. The van der Waals surface area contributed by atoms with Gasteiger partial charge in [-0.3, -0.25) is 4.79 Å². The van der Waals surface area contributed by atoms with Crippen LogP contribution in [0.2, 0.25) is 5.02 Å². The molecular formula is C24H26ClN3O4. The quantitative estimate of drug-likeness (QED) is 0.481. The summed E-state index contributed by atoms with van der Waals surface area (Å²) in [4.78, 5) is 16.6. The van der Waals surface area contributed by atoms with Gasteiger partial charge in [-0.2, -0.15) is 0 Å². The number of aromatic nitrogens is 1. The van der Waals surface area contributed by atoms with Gasteiger partial charge >= 0.3 is 5.97 Å². The van der Waals surface area contributed by atoms with Crippen molar-refractivity contribution < 1.29 is 19.5 Å². The summed E-state index contributed by atoms with van der Waals surface area (Å²) in [6.45, 7) is 3.91. The lowest BCUT2D eigenvalue weighted by Crippen LogP contribution is -2.27. The number of hydrogen-bond acceptors (Lipinski definition) is 5. The van der Waals surface area contributed by atoms with Gasteiger partial charge in [-0.1, -0.05) is 29.3 Å². The molecule has 0 unspecified atom stereocenters. The normalized spacial score (nSPS) is 13.5. The molecule has 1 aliphatic heterocycles. The van der Waals surface area contributed by atoms with Crippen LogP contribution in [0.3, 0.4) is 0 Å². The van der Waals surface area contributed by atoms with E-state index in [2.05, 4.69) is 22.4 Å². The lowest BCUT2D eigenvalue weighted by atomic mass is 10.1. The molecule has 7 nitrogen and oxygen atoms in total. The number of halogens is 1. The van der Waals surface area contributed by atoms with Crippen molar-refractivity contribution in [2.45, 2.75) is 39.2 Å². The zero-order valence-corrected chi connectivity index (χ0v) is 19.0. The minimum absolute atomic E-state index is 0.0391. The van der Waals surface area contributed by atoms with Gasteiger partial charge in [0.1, 0.15) is 5.75 Å². The fourth-order valence-corrected chi connectivity index (χ4v) is 4.10. The van der Waals surface area contributed by atoms with Gasteiger partial charge in [0.05, 0.1) is 28.5 Å². The van der Waals surface area contributed by atoms with E-state index >= 15 is 0 Å². The van der Waals surface area contributed by atoms with Crippen LogP contribution in [0.25, 0.3) is 16.7 Å². The lowest BCUT2D eigenvalue weighted by Gasteiger charge is -2.16. The van der Waals surface area contributed by atoms with Crippen molar-refractivity contribution >= 4 is 39.9 Å². The number of nitrogens with zero attached hydrogens (tertiary/aromatic N) is 2. The summed E-state index contributed by atoms with van der Waals surface area (Å²) in [5.41, 5.74) is 6.86. The fourth-order valence-electron chi connectivity index (χ4n) is 3.88. The fraction of sp³-hybridized carbons (Fsp3) is 0.292. The van der Waals surface area contributed by atoms with E-state index in [1.54, 1.807) is 0 Å². The Morgan fingerprint density at radius 2 is 2.09 bits per heavy atom. The number of hydrogen-bond donors (Lipinski definition) is 2. The van der Waals surface area contributed by atoms with E-state index in [1.807, 2.05) is 62.4 Å². The molecule has 2 N–H and O–H groups in total. The third-order valence-electron chi connectivity index (χ3n) is 5.24. The number of carbonyl (C=O) groups is 1. The van der Waals surface area contributed by atoms with Crippen LogP contribution in [0, 0.1) is 0 Å². The van der Waals surface area contributed by atoms with Crippen molar-refractivity contribution in [1.29, 1.82) is 0 Å². The molecule has 2 aromatic carbocycles. The Labute approximate surface area is 191 Å². The molecule has 168 valence electrons. The standard InChI is InChI=1S/C24H26ClN3O4/c1-15(2)31-21-11-10-16(12-19(21)25)22-14-28(26-32-22)20-8-5-7-18-17(6-4-9-23(29)30)13-27(3)24(18)20/h5,7-8,10-15,26H,4,6,9H2,1-3H3,(H,29,30). The second-order valence-electron chi connectivity index (χ2n) is 8.05. The average molecular weight is 456 g/mol. The third-order valence-corrected chi connectivity index (χ3v) is 5.53. The van der Waals surface area contributed by atoms with Gasteiger partial charge in [0.25, 0.3) is 0 Å². The molecule has 0 bridgehead atoms. The van der Waals surface area contributed by atoms with E-state index in [9.17, 15) is 4.79 Å². The van der Waals surface area contributed by atoms with Gasteiger partial charge < -0.3 is 19.2 Å². The smallest absolute Gasteiger partial charge is 0.303 e. The number of hydrazine groups is 1. The SMILES string of the molecule is CC(C)Oc1ccc(C2=CN(c3cccc4c(CCCC(=O)O)cn(C)c34)NO2)cc1Cl. The molecule has 1 aliphatic rings. The monoisotopic (exact) mass is 455 g/mol. The van der Waals surface area contributed by atoms with Gasteiger partial charge in [-0.25, -0.2) is 5.01 Å². The molecule has 0 radical (unpaired) electrons. The first-order valence-corrected chi connectivity index (χ1v) is 10.9. The maximum Gasteiger partial charge on any atom is 0.303 e. The summed E-state index contributed by atoms with van der Waals surface area (Å²) in [6.07, 6.45) is 5.45. The minimum atomic E-state index is -0.772. The molecular weight excluding hydrogens is 430 g/mol. The number of ether oxygens (including phenoxy) is 1. The number of anilines is 1. The third kappa shape index (κ3) is 4.54. The zero-order chi connectivity index (χ0) is 22.8. The number of rotatable bonds is 8. The highest BCUT2D eigenvalue weighted by atomic mass is 35.5. The van der Waals surface area contributed by atoms with Crippen LogP contribution in [0.15, 0.2) is 48.8 Å². The van der Waals surface area contributed by atoms with Gasteiger partial charge in [-0.05, 0) is 56.5 Å². The number of fused-ring (bicyclic) bond motifs is 1. The number of benzene rings is 2. The van der Waals surface area contributed by atoms with Gasteiger partial charge in [0.15, 0.2) is 5.76 Å². The van der Waals surface area contributed by atoms with E-state index < -0.39 is 5.97 Å². The predicted molar refractivity (Wildman–Crippen MR) is 125 cm³/mol. The van der Waals surface area contributed by atoms with Crippen LogP contribution in [0.1, 0.15) is 37.8 Å². The Hall–Kier alpha value is -3.16. The second kappa shape index (κ2) is 9.14. The van der Waals surface area contributed by atoms with Crippen LogP contribution in [0.5, 0.6) is 5.75 Å². The van der Waals surface area contributed by atoms with E-state index in [0.717, 1.165) is 27.7 Å². The first kappa shape index (κ1) is 22.0. The molecule has 0 fully saturated rings. The Morgan fingerprint density at radius 3 is 2.81 bits per heavy atom. The van der Waals surface area contributed by atoms with Gasteiger partial charge in [0.2, 0.25) is 0 Å². The largest absolute Gasteiger partial charge is 0.489 e. The van der Waals surface area contributed by atoms with Crippen molar-refractivity contribution in [3.05, 3.63) is 64.9 Å². The first-order valence-electron chi connectivity index (χ1n) is 10.5. The van der Waals surface area contributed by atoms with Crippen molar-refractivity contribution in [2.75, 3.05) is 5.01 Å². The molecule has 0 saturated carbocycles. The lowest BCUT2D eigenvalue weighted by molar-refractivity contribution is -0.137. The van der Waals surface area contributed by atoms with Crippen LogP contribution >= 0.6 is 11.6 Å². The Kier molecular flexibility index (Phi) is 6.30. The van der Waals surface area contributed by atoms with Crippen LogP contribution in [-0.2, 0) is 23.1 Å². The molecule has 3 aromatic rings. The second-order valence-corrected chi connectivity index (χ2v) is 8.46. The summed E-state index contributed by atoms with van der Waals surface area (Å²) in [7, 11) is 1.99. The van der Waals surface area contributed by atoms with E-state index in [-0.39, 0.29) is 12.5 Å². The molecule has 1 aromatic heterocycles. The van der Waals surface area contributed by atoms with Gasteiger partial charge in [-0.15, -0.1) is 0 Å². The Morgan fingerprint density at radius 1 is 1.28 bits per heavy atom. The zero-order valence-electron chi connectivity index (χ0n) is 18.3. The van der Waals surface area contributed by atoms with E-state index in [0.29, 0.717) is 29.4 Å². The maximum atomic E-state index is 10.9. The van der Waals surface area contributed by atoms with Crippen molar-refractivity contribution in [1.82, 2.24) is 10.2 Å². The summed E-state index contributed by atoms with van der Waals surface area (Å²) >= 11 is 6.39. The van der Waals surface area contributed by atoms with Gasteiger partial charge in [0, 0.05) is 30.6 Å². The van der Waals surface area contributed by atoms with Crippen LogP contribution in [-0.4, -0.2) is 21.7 Å².